The molecule has 0 fully saturated rings. The monoisotopic (exact) mass is 261 g/mol. The number of thioether (sulfide) groups is 1. The normalized spacial score (nSPS) is 11.1. The van der Waals surface area contributed by atoms with Gasteiger partial charge >= 0.3 is 0 Å². The summed E-state index contributed by atoms with van der Waals surface area (Å²) in [5.41, 5.74) is 6.89. The van der Waals surface area contributed by atoms with Crippen LogP contribution in [0.15, 0.2) is 45.7 Å². The van der Waals surface area contributed by atoms with Gasteiger partial charge in [-0.25, -0.2) is 0 Å². The average Bonchev–Trinajstić information content (AvgIpc) is 2.85. The quantitative estimate of drug-likeness (QED) is 0.822. The molecule has 0 saturated heterocycles. The highest BCUT2D eigenvalue weighted by atomic mass is 32.2. The fourth-order valence-electron chi connectivity index (χ4n) is 1.71. The molecule has 0 unspecified atom stereocenters. The van der Waals surface area contributed by atoms with Gasteiger partial charge in [0.05, 0.1) is 12.3 Å². The first-order chi connectivity index (χ1) is 8.69. The molecule has 18 heavy (non-hydrogen) atoms. The maximum Gasteiger partial charge on any atom is 0.117 e. The van der Waals surface area contributed by atoms with Crippen molar-refractivity contribution in [2.24, 2.45) is 5.73 Å². The third-order valence-corrected chi connectivity index (χ3v) is 3.88. The van der Waals surface area contributed by atoms with Gasteiger partial charge in [0.2, 0.25) is 0 Å². The highest BCUT2D eigenvalue weighted by molar-refractivity contribution is 7.98. The predicted octanol–water partition coefficient (Wildman–Crippen LogP) is 4.15. The second kappa shape index (κ2) is 6.12. The van der Waals surface area contributed by atoms with Gasteiger partial charge in [-0.05, 0) is 35.7 Å². The summed E-state index contributed by atoms with van der Waals surface area (Å²) in [5.74, 6) is 3.26. The van der Waals surface area contributed by atoms with E-state index in [1.54, 1.807) is 11.8 Å². The van der Waals surface area contributed by atoms with Crippen molar-refractivity contribution in [1.29, 1.82) is 0 Å². The van der Waals surface area contributed by atoms with E-state index in [1.165, 1.54) is 10.5 Å². The SMILES string of the molecule is CC(C)c1ccc(SCc2ccc(CN)o2)cc1. The van der Waals surface area contributed by atoms with Crippen LogP contribution in [0.25, 0.3) is 0 Å². The first-order valence-corrected chi connectivity index (χ1v) is 7.18. The van der Waals surface area contributed by atoms with Gasteiger partial charge in [0.15, 0.2) is 0 Å². The molecule has 0 aliphatic rings. The molecule has 0 bridgehead atoms. The molecule has 0 amide bonds. The molecule has 2 aromatic rings. The summed E-state index contributed by atoms with van der Waals surface area (Å²) < 4.78 is 5.57. The molecule has 2 N–H and O–H groups in total. The van der Waals surface area contributed by atoms with E-state index in [2.05, 4.69) is 38.1 Å². The Hall–Kier alpha value is -1.19. The summed E-state index contributed by atoms with van der Waals surface area (Å²) in [7, 11) is 0. The molecule has 96 valence electrons. The molecule has 1 heterocycles. The standard InChI is InChI=1S/C15H19NOS/c1-11(2)12-3-7-15(8-4-12)18-10-14-6-5-13(9-16)17-14/h3-8,11H,9-10,16H2,1-2H3. The minimum atomic E-state index is 0.466. The van der Waals surface area contributed by atoms with Gasteiger partial charge in [0.1, 0.15) is 11.5 Å². The first kappa shape index (κ1) is 13.2. The highest BCUT2D eigenvalue weighted by Gasteiger charge is 2.03. The molecule has 1 aromatic heterocycles. The summed E-state index contributed by atoms with van der Waals surface area (Å²) in [4.78, 5) is 1.27. The molecule has 0 spiro atoms. The fraction of sp³-hybridized carbons (Fsp3) is 0.333. The van der Waals surface area contributed by atoms with E-state index in [1.807, 2.05) is 12.1 Å². The maximum atomic E-state index is 5.57. The van der Waals surface area contributed by atoms with Gasteiger partial charge in [0.25, 0.3) is 0 Å². The lowest BCUT2D eigenvalue weighted by atomic mass is 10.0. The third kappa shape index (κ3) is 3.40. The number of hydrogen-bond donors (Lipinski definition) is 1. The van der Waals surface area contributed by atoms with Crippen LogP contribution in [0.3, 0.4) is 0 Å². The summed E-state index contributed by atoms with van der Waals surface area (Å²) in [6.07, 6.45) is 0. The van der Waals surface area contributed by atoms with Crippen LogP contribution in [0.1, 0.15) is 36.8 Å². The first-order valence-electron chi connectivity index (χ1n) is 6.19. The van der Waals surface area contributed by atoms with Crippen LogP contribution < -0.4 is 5.73 Å². The predicted molar refractivity (Wildman–Crippen MR) is 76.7 cm³/mol. The van der Waals surface area contributed by atoms with Crippen LogP contribution in [0.2, 0.25) is 0 Å². The van der Waals surface area contributed by atoms with E-state index >= 15 is 0 Å². The molecule has 2 rings (SSSR count). The molecule has 2 nitrogen and oxygen atoms in total. The molecule has 3 heteroatoms. The summed E-state index contributed by atoms with van der Waals surface area (Å²) >= 11 is 1.78. The molecular weight excluding hydrogens is 242 g/mol. The van der Waals surface area contributed by atoms with Gasteiger partial charge < -0.3 is 10.2 Å². The van der Waals surface area contributed by atoms with Crippen molar-refractivity contribution >= 4 is 11.8 Å². The molecular formula is C15H19NOS. The summed E-state index contributed by atoms with van der Waals surface area (Å²) in [5, 5.41) is 0. The molecule has 0 aliphatic carbocycles. The lowest BCUT2D eigenvalue weighted by Crippen LogP contribution is -1.92. The lowest BCUT2D eigenvalue weighted by Gasteiger charge is -2.06. The van der Waals surface area contributed by atoms with Crippen molar-refractivity contribution in [2.75, 3.05) is 0 Å². The van der Waals surface area contributed by atoms with Crippen molar-refractivity contribution in [3.05, 3.63) is 53.5 Å². The molecule has 0 saturated carbocycles. The van der Waals surface area contributed by atoms with Crippen molar-refractivity contribution in [3.63, 3.8) is 0 Å². The van der Waals surface area contributed by atoms with Gasteiger partial charge in [-0.1, -0.05) is 26.0 Å². The molecule has 0 aliphatic heterocycles. The number of rotatable bonds is 5. The zero-order valence-electron chi connectivity index (χ0n) is 10.8. The van der Waals surface area contributed by atoms with Crippen LogP contribution in [-0.4, -0.2) is 0 Å². The summed E-state index contributed by atoms with van der Waals surface area (Å²) in [6.45, 7) is 4.88. The largest absolute Gasteiger partial charge is 0.464 e. The minimum Gasteiger partial charge on any atom is -0.464 e. The number of hydrogen-bond acceptors (Lipinski definition) is 3. The van der Waals surface area contributed by atoms with Crippen molar-refractivity contribution < 1.29 is 4.42 Å². The van der Waals surface area contributed by atoms with Crippen LogP contribution in [0.5, 0.6) is 0 Å². The van der Waals surface area contributed by atoms with Gasteiger partial charge in [-0.2, -0.15) is 0 Å². The van der Waals surface area contributed by atoms with Crippen LogP contribution >= 0.6 is 11.8 Å². The van der Waals surface area contributed by atoms with Gasteiger partial charge in [-0.15, -0.1) is 11.8 Å². The van der Waals surface area contributed by atoms with Gasteiger partial charge in [0, 0.05) is 4.90 Å². The zero-order valence-corrected chi connectivity index (χ0v) is 11.7. The Labute approximate surface area is 113 Å². The lowest BCUT2D eigenvalue weighted by molar-refractivity contribution is 0.482. The second-order valence-electron chi connectivity index (χ2n) is 4.58. The van der Waals surface area contributed by atoms with Gasteiger partial charge in [-0.3, -0.25) is 0 Å². The molecule has 1 aromatic carbocycles. The Kier molecular flexibility index (Phi) is 4.50. The van der Waals surface area contributed by atoms with E-state index in [0.717, 1.165) is 17.3 Å². The minimum absolute atomic E-state index is 0.466. The fourth-order valence-corrected chi connectivity index (χ4v) is 2.51. The Morgan fingerprint density at radius 2 is 1.72 bits per heavy atom. The summed E-state index contributed by atoms with van der Waals surface area (Å²) in [6, 6.07) is 12.7. The van der Waals surface area contributed by atoms with E-state index in [4.69, 9.17) is 10.2 Å². The average molecular weight is 261 g/mol. The Bertz CT molecular complexity index is 487. The zero-order chi connectivity index (χ0) is 13.0. The third-order valence-electron chi connectivity index (χ3n) is 2.85. The Balaban J connectivity index is 1.93. The Morgan fingerprint density at radius 3 is 2.28 bits per heavy atom. The highest BCUT2D eigenvalue weighted by Crippen LogP contribution is 2.25. The van der Waals surface area contributed by atoms with Crippen molar-refractivity contribution in [3.8, 4) is 0 Å². The van der Waals surface area contributed by atoms with E-state index < -0.39 is 0 Å². The topological polar surface area (TPSA) is 39.2 Å². The van der Waals surface area contributed by atoms with Crippen molar-refractivity contribution in [2.45, 2.75) is 37.0 Å². The maximum absolute atomic E-state index is 5.57. The van der Waals surface area contributed by atoms with Crippen LogP contribution in [-0.2, 0) is 12.3 Å². The van der Waals surface area contributed by atoms with E-state index in [-0.39, 0.29) is 0 Å². The van der Waals surface area contributed by atoms with Crippen LogP contribution in [0.4, 0.5) is 0 Å². The van der Waals surface area contributed by atoms with Crippen LogP contribution in [0, 0.1) is 0 Å². The number of nitrogens with two attached hydrogens (primary N) is 1. The van der Waals surface area contributed by atoms with E-state index in [0.29, 0.717) is 12.5 Å². The smallest absolute Gasteiger partial charge is 0.117 e. The number of benzene rings is 1. The Morgan fingerprint density at radius 1 is 1.06 bits per heavy atom. The number of furan rings is 1. The second-order valence-corrected chi connectivity index (χ2v) is 5.63. The molecule has 0 atom stereocenters. The van der Waals surface area contributed by atoms with Crippen molar-refractivity contribution in [1.82, 2.24) is 0 Å². The molecule has 0 radical (unpaired) electrons. The van der Waals surface area contributed by atoms with E-state index in [9.17, 15) is 0 Å².